The molecule has 0 saturated heterocycles. The molecule has 0 bridgehead atoms. The number of aldehydes is 2. The highest BCUT2D eigenvalue weighted by Gasteiger charge is 2.24. The van der Waals surface area contributed by atoms with E-state index in [0.29, 0.717) is 31.5 Å². The predicted octanol–water partition coefficient (Wildman–Crippen LogP) is 0.263. The number of nitrogens with zero attached hydrogens (tertiary/aromatic N) is 1. The van der Waals surface area contributed by atoms with Crippen molar-refractivity contribution >= 4 is 24.4 Å². The zero-order chi connectivity index (χ0) is 19.5. The monoisotopic (exact) mass is 363 g/mol. The molecule has 0 spiro atoms. The van der Waals surface area contributed by atoms with E-state index in [4.69, 9.17) is 4.74 Å². The Morgan fingerprint density at radius 2 is 2.00 bits per heavy atom. The van der Waals surface area contributed by atoms with Gasteiger partial charge >= 0.3 is 0 Å². The Labute approximate surface area is 152 Å². The fraction of sp³-hybridized carbons (Fsp3) is 0.444. The Hall–Kier alpha value is -2.74. The van der Waals surface area contributed by atoms with Crippen molar-refractivity contribution in [2.45, 2.75) is 18.9 Å². The molecular weight excluding hydrogens is 338 g/mol. The first-order chi connectivity index (χ1) is 12.5. The molecule has 0 heterocycles. The van der Waals surface area contributed by atoms with Crippen molar-refractivity contribution in [1.29, 1.82) is 0 Å². The maximum atomic E-state index is 12.8. The SMILES string of the molecule is CNCCOc1cccc(C(=O)N(C)C(C=O)CCC(=O)NC)c1C=O. The smallest absolute Gasteiger partial charge is 0.255 e. The van der Waals surface area contributed by atoms with Gasteiger partial charge in [0.15, 0.2) is 6.29 Å². The third-order valence-electron chi connectivity index (χ3n) is 3.94. The summed E-state index contributed by atoms with van der Waals surface area (Å²) in [5.41, 5.74) is 0.285. The molecule has 0 saturated carbocycles. The quantitative estimate of drug-likeness (QED) is 0.432. The summed E-state index contributed by atoms with van der Waals surface area (Å²) in [4.78, 5) is 48.2. The number of rotatable bonds is 11. The lowest BCUT2D eigenvalue weighted by molar-refractivity contribution is -0.121. The van der Waals surface area contributed by atoms with Crippen LogP contribution in [0.2, 0.25) is 0 Å². The topological polar surface area (TPSA) is 105 Å². The second kappa shape index (κ2) is 11.0. The van der Waals surface area contributed by atoms with Crippen LogP contribution in [0, 0.1) is 0 Å². The molecule has 2 amide bonds. The zero-order valence-corrected chi connectivity index (χ0v) is 15.3. The van der Waals surface area contributed by atoms with Crippen LogP contribution in [0.15, 0.2) is 18.2 Å². The molecule has 1 rings (SSSR count). The summed E-state index contributed by atoms with van der Waals surface area (Å²) in [5, 5.41) is 5.39. The van der Waals surface area contributed by atoms with Crippen LogP contribution in [-0.2, 0) is 9.59 Å². The zero-order valence-electron chi connectivity index (χ0n) is 15.3. The molecule has 0 aliphatic heterocycles. The summed E-state index contributed by atoms with van der Waals surface area (Å²) in [6.07, 6.45) is 1.50. The summed E-state index contributed by atoms with van der Waals surface area (Å²) in [6, 6.07) is 3.96. The molecule has 1 atom stereocenters. The highest BCUT2D eigenvalue weighted by molar-refractivity contribution is 6.03. The van der Waals surface area contributed by atoms with Gasteiger partial charge in [-0.1, -0.05) is 6.07 Å². The van der Waals surface area contributed by atoms with Gasteiger partial charge in [0.25, 0.3) is 5.91 Å². The average molecular weight is 363 g/mol. The van der Waals surface area contributed by atoms with E-state index >= 15 is 0 Å². The van der Waals surface area contributed by atoms with E-state index in [0.717, 1.165) is 0 Å². The minimum atomic E-state index is -0.770. The number of nitrogens with one attached hydrogen (secondary N) is 2. The Balaban J connectivity index is 2.99. The van der Waals surface area contributed by atoms with Gasteiger partial charge in [-0.05, 0) is 25.6 Å². The van der Waals surface area contributed by atoms with E-state index in [9.17, 15) is 19.2 Å². The van der Waals surface area contributed by atoms with Crippen LogP contribution in [0.3, 0.4) is 0 Å². The Kier molecular flexibility index (Phi) is 9.00. The van der Waals surface area contributed by atoms with Crippen molar-refractivity contribution in [1.82, 2.24) is 15.5 Å². The molecule has 0 aromatic heterocycles. The normalized spacial score (nSPS) is 11.3. The molecule has 8 nitrogen and oxygen atoms in total. The van der Waals surface area contributed by atoms with Gasteiger partial charge in [0.05, 0.1) is 17.2 Å². The number of carbonyl (C=O) groups is 4. The number of ether oxygens (including phenoxy) is 1. The van der Waals surface area contributed by atoms with Crippen molar-refractivity contribution < 1.29 is 23.9 Å². The molecular formula is C18H25N3O5. The van der Waals surface area contributed by atoms with Crippen LogP contribution in [0.4, 0.5) is 0 Å². The number of hydrogen-bond donors (Lipinski definition) is 2. The van der Waals surface area contributed by atoms with Gasteiger partial charge < -0.3 is 25.1 Å². The van der Waals surface area contributed by atoms with Crippen LogP contribution in [0.1, 0.15) is 33.6 Å². The largest absolute Gasteiger partial charge is 0.491 e. The molecule has 1 aromatic carbocycles. The maximum Gasteiger partial charge on any atom is 0.255 e. The molecule has 1 unspecified atom stereocenters. The van der Waals surface area contributed by atoms with Crippen LogP contribution in [-0.4, -0.2) is 69.6 Å². The van der Waals surface area contributed by atoms with Gasteiger partial charge in [0.1, 0.15) is 18.6 Å². The van der Waals surface area contributed by atoms with Crippen molar-refractivity contribution in [2.24, 2.45) is 0 Å². The maximum absolute atomic E-state index is 12.8. The van der Waals surface area contributed by atoms with Gasteiger partial charge in [-0.15, -0.1) is 0 Å². The summed E-state index contributed by atoms with van der Waals surface area (Å²) in [6.45, 7) is 0.928. The van der Waals surface area contributed by atoms with Crippen molar-refractivity contribution in [3.63, 3.8) is 0 Å². The number of likely N-dealkylation sites (N-methyl/N-ethyl adjacent to an activating group) is 2. The molecule has 26 heavy (non-hydrogen) atoms. The van der Waals surface area contributed by atoms with E-state index < -0.39 is 11.9 Å². The molecule has 2 N–H and O–H groups in total. The van der Waals surface area contributed by atoms with Crippen LogP contribution < -0.4 is 15.4 Å². The number of hydrogen-bond acceptors (Lipinski definition) is 6. The van der Waals surface area contributed by atoms with Crippen LogP contribution in [0.25, 0.3) is 0 Å². The molecule has 8 heteroatoms. The standard InChI is InChI=1S/C18H25N3O5/c1-19-9-10-26-16-6-4-5-14(15(16)12-23)18(25)21(3)13(11-22)7-8-17(24)20-2/h4-6,11-13,19H,7-10H2,1-3H3,(H,20,24). The fourth-order valence-corrected chi connectivity index (χ4v) is 2.34. The van der Waals surface area contributed by atoms with Crippen LogP contribution >= 0.6 is 0 Å². The molecule has 0 fully saturated rings. The predicted molar refractivity (Wildman–Crippen MR) is 96.5 cm³/mol. The van der Waals surface area contributed by atoms with E-state index in [1.807, 2.05) is 0 Å². The first kappa shape index (κ1) is 21.3. The van der Waals surface area contributed by atoms with Gasteiger partial charge in [0, 0.05) is 27.1 Å². The lowest BCUT2D eigenvalue weighted by Gasteiger charge is -2.24. The summed E-state index contributed by atoms with van der Waals surface area (Å²) in [7, 11) is 4.74. The van der Waals surface area contributed by atoms with Gasteiger partial charge in [-0.2, -0.15) is 0 Å². The minimum absolute atomic E-state index is 0.116. The van der Waals surface area contributed by atoms with Crippen molar-refractivity contribution in [3.05, 3.63) is 29.3 Å². The molecule has 142 valence electrons. The lowest BCUT2D eigenvalue weighted by Crippen LogP contribution is -2.39. The number of amides is 2. The minimum Gasteiger partial charge on any atom is -0.491 e. The highest BCUT2D eigenvalue weighted by atomic mass is 16.5. The summed E-state index contributed by atoms with van der Waals surface area (Å²) < 4.78 is 5.53. The average Bonchev–Trinajstić information content (AvgIpc) is 2.67. The Morgan fingerprint density at radius 3 is 2.58 bits per heavy atom. The van der Waals surface area contributed by atoms with E-state index in [2.05, 4.69) is 10.6 Å². The summed E-state index contributed by atoms with van der Waals surface area (Å²) >= 11 is 0. The summed E-state index contributed by atoms with van der Waals surface area (Å²) in [5.74, 6) is -0.395. The van der Waals surface area contributed by atoms with Gasteiger partial charge in [0.2, 0.25) is 5.91 Å². The van der Waals surface area contributed by atoms with E-state index in [1.165, 1.54) is 25.1 Å². The molecule has 0 radical (unpaired) electrons. The van der Waals surface area contributed by atoms with E-state index in [1.54, 1.807) is 19.2 Å². The first-order valence-electron chi connectivity index (χ1n) is 8.28. The lowest BCUT2D eigenvalue weighted by atomic mass is 10.0. The second-order valence-corrected chi connectivity index (χ2v) is 5.62. The van der Waals surface area contributed by atoms with Crippen molar-refractivity contribution in [2.75, 3.05) is 34.3 Å². The first-order valence-corrected chi connectivity index (χ1v) is 8.28. The molecule has 0 aliphatic carbocycles. The fourth-order valence-electron chi connectivity index (χ4n) is 2.34. The molecule has 0 aliphatic rings. The highest BCUT2D eigenvalue weighted by Crippen LogP contribution is 2.22. The van der Waals surface area contributed by atoms with Crippen LogP contribution in [0.5, 0.6) is 5.75 Å². The third-order valence-corrected chi connectivity index (χ3v) is 3.94. The van der Waals surface area contributed by atoms with Gasteiger partial charge in [-0.3, -0.25) is 14.4 Å². The number of carbonyl (C=O) groups excluding carboxylic acids is 4. The third kappa shape index (κ3) is 5.66. The Morgan fingerprint density at radius 1 is 1.27 bits per heavy atom. The van der Waals surface area contributed by atoms with E-state index in [-0.39, 0.29) is 29.9 Å². The van der Waals surface area contributed by atoms with Gasteiger partial charge in [-0.25, -0.2) is 0 Å². The van der Waals surface area contributed by atoms with Crippen molar-refractivity contribution in [3.8, 4) is 5.75 Å². The molecule has 1 aromatic rings. The second-order valence-electron chi connectivity index (χ2n) is 5.62. The Bertz CT molecular complexity index is 648. The number of benzene rings is 1.